The Labute approximate surface area is 147 Å². The molecule has 2 aromatic rings. The van der Waals surface area contributed by atoms with E-state index in [-0.39, 0.29) is 12.5 Å². The number of hydrogen-bond donors (Lipinski definition) is 3. The van der Waals surface area contributed by atoms with E-state index in [0.29, 0.717) is 27.2 Å². The number of rotatable bonds is 6. The van der Waals surface area contributed by atoms with Gasteiger partial charge in [-0.2, -0.15) is 0 Å². The molecule has 0 fully saturated rings. The smallest absolute Gasteiger partial charge is 0.265 e. The Balaban J connectivity index is 1.95. The molecule has 0 saturated heterocycles. The van der Waals surface area contributed by atoms with Crippen LogP contribution in [0, 0.1) is 0 Å². The van der Waals surface area contributed by atoms with E-state index in [9.17, 15) is 9.59 Å². The first-order valence-corrected chi connectivity index (χ1v) is 7.70. The lowest BCUT2D eigenvalue weighted by Crippen LogP contribution is -2.29. The summed E-state index contributed by atoms with van der Waals surface area (Å²) in [6, 6.07) is 11.7. The van der Waals surface area contributed by atoms with Gasteiger partial charge in [-0.15, -0.1) is 0 Å². The molecule has 0 radical (unpaired) electrons. The van der Waals surface area contributed by atoms with Crippen LogP contribution in [0.5, 0.6) is 11.5 Å². The summed E-state index contributed by atoms with van der Waals surface area (Å²) >= 11 is 3.29. The van der Waals surface area contributed by atoms with E-state index >= 15 is 0 Å². The number of carbonyl (C=O) groups excluding carboxylic acids is 2. The van der Waals surface area contributed by atoms with Crippen molar-refractivity contribution >= 4 is 33.4 Å². The van der Waals surface area contributed by atoms with Crippen molar-refractivity contribution in [1.82, 2.24) is 5.43 Å². The molecule has 2 amide bonds. The van der Waals surface area contributed by atoms with Gasteiger partial charge in [0.25, 0.3) is 11.8 Å². The number of benzene rings is 2. The third kappa shape index (κ3) is 4.71. The van der Waals surface area contributed by atoms with Crippen LogP contribution >= 0.6 is 15.9 Å². The zero-order valence-corrected chi connectivity index (χ0v) is 14.4. The van der Waals surface area contributed by atoms with Crippen LogP contribution < -0.4 is 26.1 Å². The molecular weight excluding hydrogens is 378 g/mol. The van der Waals surface area contributed by atoms with Crippen LogP contribution in [-0.2, 0) is 4.79 Å². The first-order valence-electron chi connectivity index (χ1n) is 6.90. The van der Waals surface area contributed by atoms with Gasteiger partial charge in [0.05, 0.1) is 11.6 Å². The minimum Gasteiger partial charge on any atom is -0.497 e. The molecule has 126 valence electrons. The molecule has 0 aliphatic rings. The van der Waals surface area contributed by atoms with E-state index < -0.39 is 5.91 Å². The summed E-state index contributed by atoms with van der Waals surface area (Å²) in [5.41, 5.74) is 3.02. The van der Waals surface area contributed by atoms with Crippen LogP contribution in [-0.4, -0.2) is 25.5 Å². The van der Waals surface area contributed by atoms with E-state index in [0.717, 1.165) is 0 Å². The van der Waals surface area contributed by atoms with Gasteiger partial charge in [-0.25, -0.2) is 5.84 Å². The van der Waals surface area contributed by atoms with Gasteiger partial charge in [0, 0.05) is 17.3 Å². The number of nitrogens with one attached hydrogen (secondary N) is 2. The predicted octanol–water partition coefficient (Wildman–Crippen LogP) is 2.08. The molecule has 8 heteroatoms. The van der Waals surface area contributed by atoms with Crippen molar-refractivity contribution in [3.63, 3.8) is 0 Å². The molecule has 0 bridgehead atoms. The minimum absolute atomic E-state index is 0.182. The second-order valence-corrected chi connectivity index (χ2v) is 5.54. The zero-order valence-electron chi connectivity index (χ0n) is 12.8. The van der Waals surface area contributed by atoms with Gasteiger partial charge in [-0.1, -0.05) is 6.07 Å². The molecule has 0 aliphatic heterocycles. The molecule has 0 saturated carbocycles. The van der Waals surface area contributed by atoms with E-state index in [1.165, 1.54) is 0 Å². The molecule has 7 nitrogen and oxygen atoms in total. The van der Waals surface area contributed by atoms with E-state index in [1.54, 1.807) is 49.6 Å². The number of amides is 2. The van der Waals surface area contributed by atoms with Gasteiger partial charge in [0.1, 0.15) is 11.5 Å². The lowest BCUT2D eigenvalue weighted by molar-refractivity contribution is -0.118. The summed E-state index contributed by atoms with van der Waals surface area (Å²) in [6.07, 6.45) is 0. The predicted molar refractivity (Wildman–Crippen MR) is 92.9 cm³/mol. The van der Waals surface area contributed by atoms with Crippen LogP contribution in [0.3, 0.4) is 0 Å². The third-order valence-corrected chi connectivity index (χ3v) is 3.66. The zero-order chi connectivity index (χ0) is 17.5. The maximum absolute atomic E-state index is 11.9. The number of nitrogen functional groups attached to an aromatic ring is 1. The van der Waals surface area contributed by atoms with Crippen molar-refractivity contribution in [2.24, 2.45) is 5.84 Å². The van der Waals surface area contributed by atoms with Gasteiger partial charge >= 0.3 is 0 Å². The molecule has 2 aromatic carbocycles. The number of anilines is 1. The van der Waals surface area contributed by atoms with Crippen LogP contribution in [0.2, 0.25) is 0 Å². The Morgan fingerprint density at radius 1 is 1.21 bits per heavy atom. The molecule has 24 heavy (non-hydrogen) atoms. The Bertz CT molecular complexity index is 752. The third-order valence-electron chi connectivity index (χ3n) is 3.04. The highest BCUT2D eigenvalue weighted by atomic mass is 79.9. The average Bonchev–Trinajstić information content (AvgIpc) is 2.60. The Hall–Kier alpha value is -2.58. The maximum Gasteiger partial charge on any atom is 0.265 e. The number of nitrogens with two attached hydrogens (primary N) is 1. The quantitative estimate of drug-likeness (QED) is 0.396. The Morgan fingerprint density at radius 3 is 2.67 bits per heavy atom. The monoisotopic (exact) mass is 393 g/mol. The average molecular weight is 394 g/mol. The molecule has 0 heterocycles. The second-order valence-electron chi connectivity index (χ2n) is 4.69. The van der Waals surface area contributed by atoms with E-state index in [4.69, 9.17) is 15.3 Å². The number of halogens is 1. The second kappa shape index (κ2) is 8.32. The number of carbonyl (C=O) groups is 2. The number of ether oxygens (including phenoxy) is 2. The van der Waals surface area contributed by atoms with Gasteiger partial charge < -0.3 is 14.8 Å². The summed E-state index contributed by atoms with van der Waals surface area (Å²) in [7, 11) is 1.55. The summed E-state index contributed by atoms with van der Waals surface area (Å²) in [6.45, 7) is -0.182. The lowest BCUT2D eigenvalue weighted by Gasteiger charge is -2.10. The molecule has 4 N–H and O–H groups in total. The largest absolute Gasteiger partial charge is 0.497 e. The van der Waals surface area contributed by atoms with Gasteiger partial charge in [0.2, 0.25) is 0 Å². The fourth-order valence-electron chi connectivity index (χ4n) is 1.88. The summed E-state index contributed by atoms with van der Waals surface area (Å²) in [4.78, 5) is 23.4. The first-order chi connectivity index (χ1) is 11.5. The SMILES string of the molecule is COc1cccc(NC(=O)COc2ccc(C(=O)NN)cc2Br)c1. The van der Waals surface area contributed by atoms with Gasteiger partial charge in [-0.05, 0) is 46.3 Å². The first kappa shape index (κ1) is 17.8. The lowest BCUT2D eigenvalue weighted by atomic mass is 10.2. The molecule has 0 aliphatic carbocycles. The van der Waals surface area contributed by atoms with Gasteiger partial charge in [-0.3, -0.25) is 15.0 Å². The number of hydrogen-bond acceptors (Lipinski definition) is 5. The van der Waals surface area contributed by atoms with Crippen LogP contribution in [0.15, 0.2) is 46.9 Å². The topological polar surface area (TPSA) is 103 Å². The van der Waals surface area contributed by atoms with Crippen molar-refractivity contribution in [1.29, 1.82) is 0 Å². The highest BCUT2D eigenvalue weighted by Crippen LogP contribution is 2.26. The van der Waals surface area contributed by atoms with Crippen molar-refractivity contribution in [3.8, 4) is 11.5 Å². The summed E-state index contributed by atoms with van der Waals surface area (Å²) in [5, 5.41) is 2.71. The number of hydrazine groups is 1. The van der Waals surface area contributed by atoms with Crippen molar-refractivity contribution in [2.45, 2.75) is 0 Å². The van der Waals surface area contributed by atoms with Crippen LogP contribution in [0.25, 0.3) is 0 Å². The van der Waals surface area contributed by atoms with E-state index in [1.807, 2.05) is 5.43 Å². The van der Waals surface area contributed by atoms with Crippen molar-refractivity contribution < 1.29 is 19.1 Å². The molecular formula is C16H16BrN3O4. The molecule has 0 unspecified atom stereocenters. The normalized spacial score (nSPS) is 9.96. The van der Waals surface area contributed by atoms with E-state index in [2.05, 4.69) is 21.2 Å². The fourth-order valence-corrected chi connectivity index (χ4v) is 2.38. The molecule has 0 spiro atoms. The van der Waals surface area contributed by atoms with Crippen molar-refractivity contribution in [3.05, 3.63) is 52.5 Å². The standard InChI is InChI=1S/C16H16BrN3O4/c1-23-12-4-2-3-11(8-12)19-15(21)9-24-14-6-5-10(7-13(14)17)16(22)20-18/h2-8H,9,18H2,1H3,(H,19,21)(H,20,22). The highest BCUT2D eigenvalue weighted by molar-refractivity contribution is 9.10. The molecule has 0 aromatic heterocycles. The summed E-state index contributed by atoms with van der Waals surface area (Å²) < 4.78 is 11.1. The van der Waals surface area contributed by atoms with Gasteiger partial charge in [0.15, 0.2) is 6.61 Å². The minimum atomic E-state index is -0.419. The Kier molecular flexibility index (Phi) is 6.16. The number of methoxy groups -OCH3 is 1. The summed E-state index contributed by atoms with van der Waals surface area (Å²) in [5.74, 6) is 5.42. The van der Waals surface area contributed by atoms with Crippen LogP contribution in [0.1, 0.15) is 10.4 Å². The van der Waals surface area contributed by atoms with Crippen molar-refractivity contribution in [2.75, 3.05) is 19.0 Å². The van der Waals surface area contributed by atoms with Crippen LogP contribution in [0.4, 0.5) is 5.69 Å². The Morgan fingerprint density at radius 2 is 2.00 bits per heavy atom. The highest BCUT2D eigenvalue weighted by Gasteiger charge is 2.10. The molecule has 0 atom stereocenters. The fraction of sp³-hybridized carbons (Fsp3) is 0.125. The molecule has 2 rings (SSSR count). The maximum atomic E-state index is 11.9.